The van der Waals surface area contributed by atoms with Gasteiger partial charge < -0.3 is 10.0 Å². The van der Waals surface area contributed by atoms with Crippen LogP contribution in [0.3, 0.4) is 0 Å². The van der Waals surface area contributed by atoms with Crippen LogP contribution in [-0.4, -0.2) is 34.0 Å². The Hall–Kier alpha value is -2.50. The molecule has 3 atom stereocenters. The molecular weight excluding hydrogens is 428 g/mol. The Morgan fingerprint density at radius 2 is 1.79 bits per heavy atom. The number of benzene rings is 2. The number of nitrogens with zero attached hydrogens (tertiary/aromatic N) is 2. The van der Waals surface area contributed by atoms with Gasteiger partial charge >= 0.3 is 0 Å². The molecule has 4 nitrogen and oxygen atoms in total. The van der Waals surface area contributed by atoms with E-state index < -0.39 is 0 Å². The SMILES string of the molecule is O=C(c1ccc(C[C@@H]2CC[C@H]([C@H](O)c3ccccc3)C2)cc1)N1CCC(c2cscn2)CC1. The Morgan fingerprint density at radius 3 is 2.48 bits per heavy atom. The van der Waals surface area contributed by atoms with Crippen LogP contribution >= 0.6 is 11.3 Å². The lowest BCUT2D eigenvalue weighted by Gasteiger charge is -2.31. The fourth-order valence-corrected chi connectivity index (χ4v) is 6.25. The van der Waals surface area contributed by atoms with E-state index in [1.165, 1.54) is 11.3 Å². The molecule has 2 aromatic carbocycles. The van der Waals surface area contributed by atoms with Crippen LogP contribution in [-0.2, 0) is 6.42 Å². The van der Waals surface area contributed by atoms with E-state index in [0.29, 0.717) is 17.8 Å². The first-order chi connectivity index (χ1) is 16.2. The molecule has 1 aliphatic heterocycles. The smallest absolute Gasteiger partial charge is 0.253 e. The van der Waals surface area contributed by atoms with Gasteiger partial charge in [-0.1, -0.05) is 42.5 Å². The van der Waals surface area contributed by atoms with E-state index in [1.54, 1.807) is 11.3 Å². The summed E-state index contributed by atoms with van der Waals surface area (Å²) in [6.07, 6.45) is 5.93. The Labute approximate surface area is 200 Å². The highest BCUT2D eigenvalue weighted by molar-refractivity contribution is 7.07. The van der Waals surface area contributed by atoms with E-state index in [0.717, 1.165) is 62.7 Å². The minimum Gasteiger partial charge on any atom is -0.388 e. The average molecular weight is 461 g/mol. The molecule has 1 saturated heterocycles. The van der Waals surface area contributed by atoms with Gasteiger partial charge in [-0.3, -0.25) is 4.79 Å². The zero-order valence-electron chi connectivity index (χ0n) is 19.0. The summed E-state index contributed by atoms with van der Waals surface area (Å²) in [5.74, 6) is 1.56. The van der Waals surface area contributed by atoms with Crippen LogP contribution < -0.4 is 0 Å². The lowest BCUT2D eigenvalue weighted by molar-refractivity contribution is 0.0712. The summed E-state index contributed by atoms with van der Waals surface area (Å²) in [7, 11) is 0. The number of carbonyl (C=O) groups excluding carboxylic acids is 1. The van der Waals surface area contributed by atoms with Crippen molar-refractivity contribution in [1.29, 1.82) is 0 Å². The van der Waals surface area contributed by atoms with Crippen LogP contribution in [0.2, 0.25) is 0 Å². The molecule has 1 aliphatic carbocycles. The summed E-state index contributed by atoms with van der Waals surface area (Å²) >= 11 is 1.65. The third-order valence-electron chi connectivity index (χ3n) is 7.55. The predicted molar refractivity (Wildman–Crippen MR) is 132 cm³/mol. The highest BCUT2D eigenvalue weighted by atomic mass is 32.1. The van der Waals surface area contributed by atoms with Crippen molar-refractivity contribution in [1.82, 2.24) is 9.88 Å². The fourth-order valence-electron chi connectivity index (χ4n) is 5.61. The summed E-state index contributed by atoms with van der Waals surface area (Å²) in [5.41, 5.74) is 6.18. The number of piperidine rings is 1. The quantitative estimate of drug-likeness (QED) is 0.502. The van der Waals surface area contributed by atoms with Crippen LogP contribution in [0.1, 0.15) is 71.3 Å². The molecule has 0 bridgehead atoms. The molecule has 0 unspecified atom stereocenters. The van der Waals surface area contributed by atoms with Crippen molar-refractivity contribution < 1.29 is 9.90 Å². The number of aliphatic hydroxyl groups excluding tert-OH is 1. The molecule has 33 heavy (non-hydrogen) atoms. The summed E-state index contributed by atoms with van der Waals surface area (Å²) in [6.45, 7) is 1.60. The van der Waals surface area contributed by atoms with Crippen LogP contribution in [0, 0.1) is 11.8 Å². The first-order valence-electron chi connectivity index (χ1n) is 12.2. The molecule has 5 heteroatoms. The average Bonchev–Trinajstić information content (AvgIpc) is 3.57. The maximum absolute atomic E-state index is 13.0. The molecular formula is C28H32N2O2S. The lowest BCUT2D eigenvalue weighted by atomic mass is 9.91. The van der Waals surface area contributed by atoms with Crippen LogP contribution in [0.4, 0.5) is 0 Å². The Kier molecular flexibility index (Phi) is 6.88. The number of aromatic nitrogens is 1. The molecule has 2 fully saturated rings. The number of rotatable bonds is 6. The number of likely N-dealkylation sites (tertiary alicyclic amines) is 1. The molecule has 1 aromatic heterocycles. The Balaban J connectivity index is 1.12. The highest BCUT2D eigenvalue weighted by Gasteiger charge is 2.31. The van der Waals surface area contributed by atoms with Crippen LogP contribution in [0.15, 0.2) is 65.5 Å². The monoisotopic (exact) mass is 460 g/mol. The van der Waals surface area contributed by atoms with Crippen molar-refractivity contribution in [2.45, 2.75) is 50.5 Å². The van der Waals surface area contributed by atoms with Gasteiger partial charge in [0.15, 0.2) is 0 Å². The predicted octanol–water partition coefficient (Wildman–Crippen LogP) is 5.86. The van der Waals surface area contributed by atoms with Gasteiger partial charge in [0.05, 0.1) is 17.3 Å². The maximum Gasteiger partial charge on any atom is 0.253 e. The minimum atomic E-state index is -0.365. The van der Waals surface area contributed by atoms with Gasteiger partial charge in [0.25, 0.3) is 5.91 Å². The zero-order valence-corrected chi connectivity index (χ0v) is 19.8. The first kappa shape index (κ1) is 22.3. The van der Waals surface area contributed by atoms with Crippen molar-refractivity contribution in [3.63, 3.8) is 0 Å². The highest BCUT2D eigenvalue weighted by Crippen LogP contribution is 2.40. The number of hydrogen-bond acceptors (Lipinski definition) is 4. The number of carbonyl (C=O) groups is 1. The zero-order chi connectivity index (χ0) is 22.6. The second-order valence-electron chi connectivity index (χ2n) is 9.68. The Morgan fingerprint density at radius 1 is 1.03 bits per heavy atom. The topological polar surface area (TPSA) is 53.4 Å². The van der Waals surface area contributed by atoms with Crippen molar-refractivity contribution in [3.8, 4) is 0 Å². The van der Waals surface area contributed by atoms with Gasteiger partial charge in [-0.2, -0.15) is 0 Å². The standard InChI is InChI=1S/C28H32N2O2S/c31-27(23-4-2-1-3-5-23)25-11-8-21(17-25)16-20-6-9-24(10-7-20)28(32)30-14-12-22(13-15-30)26-18-33-19-29-26/h1-7,9-10,18-19,21-22,25,27,31H,8,11-17H2/t21-,25-,27+/m0/s1. The second kappa shape index (κ2) is 10.2. The van der Waals surface area contributed by atoms with Gasteiger partial charge in [-0.15, -0.1) is 11.3 Å². The van der Waals surface area contributed by atoms with E-state index in [4.69, 9.17) is 0 Å². The number of thiazole rings is 1. The van der Waals surface area contributed by atoms with E-state index in [-0.39, 0.29) is 12.0 Å². The van der Waals surface area contributed by atoms with Crippen molar-refractivity contribution in [2.24, 2.45) is 11.8 Å². The van der Waals surface area contributed by atoms with Crippen LogP contribution in [0.5, 0.6) is 0 Å². The third kappa shape index (κ3) is 5.20. The maximum atomic E-state index is 13.0. The van der Waals surface area contributed by atoms with E-state index in [2.05, 4.69) is 22.5 Å². The van der Waals surface area contributed by atoms with Crippen molar-refractivity contribution in [3.05, 3.63) is 87.9 Å². The molecule has 0 radical (unpaired) electrons. The number of amides is 1. The molecule has 172 valence electrons. The largest absolute Gasteiger partial charge is 0.388 e. The molecule has 1 N–H and O–H groups in total. The molecule has 5 rings (SSSR count). The Bertz CT molecular complexity index is 1030. The normalized spacial score (nSPS) is 22.4. The lowest BCUT2D eigenvalue weighted by Crippen LogP contribution is -2.38. The van der Waals surface area contributed by atoms with Gasteiger partial charge in [0.2, 0.25) is 0 Å². The number of hydrogen-bond donors (Lipinski definition) is 1. The minimum absolute atomic E-state index is 0.144. The molecule has 3 aromatic rings. The van der Waals surface area contributed by atoms with E-state index in [1.807, 2.05) is 52.9 Å². The van der Waals surface area contributed by atoms with Crippen molar-refractivity contribution >= 4 is 17.2 Å². The van der Waals surface area contributed by atoms with Gasteiger partial charge in [-0.05, 0) is 73.6 Å². The van der Waals surface area contributed by atoms with Gasteiger partial charge in [-0.25, -0.2) is 4.98 Å². The van der Waals surface area contributed by atoms with Gasteiger partial charge in [0.1, 0.15) is 0 Å². The van der Waals surface area contributed by atoms with Crippen LogP contribution in [0.25, 0.3) is 0 Å². The van der Waals surface area contributed by atoms with E-state index >= 15 is 0 Å². The first-order valence-corrected chi connectivity index (χ1v) is 13.1. The molecule has 0 spiro atoms. The molecule has 2 aliphatic rings. The summed E-state index contributed by atoms with van der Waals surface area (Å²) in [5, 5.41) is 12.9. The van der Waals surface area contributed by atoms with Gasteiger partial charge in [0, 0.05) is 30.0 Å². The summed E-state index contributed by atoms with van der Waals surface area (Å²) in [6, 6.07) is 18.3. The molecule has 2 heterocycles. The number of aliphatic hydroxyl groups is 1. The fraction of sp³-hybridized carbons (Fsp3) is 0.429. The summed E-state index contributed by atoms with van der Waals surface area (Å²) in [4.78, 5) is 19.4. The summed E-state index contributed by atoms with van der Waals surface area (Å²) < 4.78 is 0. The molecule has 1 saturated carbocycles. The van der Waals surface area contributed by atoms with E-state index in [9.17, 15) is 9.90 Å². The molecule has 1 amide bonds. The van der Waals surface area contributed by atoms with Crippen molar-refractivity contribution in [2.75, 3.05) is 13.1 Å². The third-order valence-corrected chi connectivity index (χ3v) is 8.15. The second-order valence-corrected chi connectivity index (χ2v) is 10.4.